The Morgan fingerprint density at radius 2 is 1.75 bits per heavy atom. The number of oxazole rings is 1. The molecule has 0 aliphatic heterocycles. The lowest BCUT2D eigenvalue weighted by Gasteiger charge is -2.34. The molecule has 0 spiro atoms. The molecule has 3 aromatic rings. The van der Waals surface area contributed by atoms with Gasteiger partial charge in [0.25, 0.3) is 5.60 Å². The Kier molecular flexibility index (Phi) is 6.05. The molecule has 2 heterocycles. The summed E-state index contributed by atoms with van der Waals surface area (Å²) in [6.07, 6.45) is -8.09. The fourth-order valence-electron chi connectivity index (χ4n) is 3.13. The molecule has 0 saturated heterocycles. The molecule has 1 aromatic carbocycles. The zero-order valence-corrected chi connectivity index (χ0v) is 16.4. The highest BCUT2D eigenvalue weighted by molar-refractivity contribution is 5.65. The Morgan fingerprint density at radius 3 is 2.28 bits per heavy atom. The summed E-state index contributed by atoms with van der Waals surface area (Å²) in [7, 11) is 0. The zero-order chi connectivity index (χ0) is 23.7. The number of aliphatic hydroxyl groups is 1. The summed E-state index contributed by atoms with van der Waals surface area (Å²) in [6, 6.07) is 3.77. The summed E-state index contributed by atoms with van der Waals surface area (Å²) in [5, 5.41) is 9.74. The van der Waals surface area contributed by atoms with E-state index >= 15 is 0 Å². The number of rotatable bonds is 6. The number of hydrogen-bond donors (Lipinski definition) is 2. The lowest BCUT2D eigenvalue weighted by Crippen LogP contribution is -2.54. The number of nitrogens with zero attached hydrogens (tertiary/aromatic N) is 4. The van der Waals surface area contributed by atoms with Crippen LogP contribution in [0.5, 0.6) is 0 Å². The van der Waals surface area contributed by atoms with E-state index in [0.29, 0.717) is 17.8 Å². The number of nitrogen functional groups attached to an aromatic ring is 1. The molecular weight excluding hydrogens is 444 g/mol. The molecule has 0 unspecified atom stereocenters. The number of aryl methyl sites for hydroxylation is 1. The minimum atomic E-state index is -5.99. The first-order valence-electron chi connectivity index (χ1n) is 9.10. The molecule has 0 bridgehead atoms. The largest absolute Gasteiger partial charge is 0.451 e. The van der Waals surface area contributed by atoms with Crippen LogP contribution in [0.1, 0.15) is 23.7 Å². The molecule has 0 amide bonds. The van der Waals surface area contributed by atoms with Gasteiger partial charge in [0.15, 0.2) is 6.39 Å². The minimum absolute atomic E-state index is 0.0160. The fourth-order valence-corrected chi connectivity index (χ4v) is 3.13. The Bertz CT molecular complexity index is 1050. The lowest BCUT2D eigenvalue weighted by atomic mass is 9.89. The summed E-state index contributed by atoms with van der Waals surface area (Å²) >= 11 is 0. The van der Waals surface area contributed by atoms with Crippen LogP contribution in [0.4, 0.5) is 43.8 Å². The highest BCUT2D eigenvalue weighted by Crippen LogP contribution is 2.50. The van der Waals surface area contributed by atoms with Gasteiger partial charge in [-0.05, 0) is 24.1 Å². The van der Waals surface area contributed by atoms with Gasteiger partial charge < -0.3 is 20.2 Å². The Labute approximate surface area is 177 Å². The van der Waals surface area contributed by atoms with E-state index in [1.165, 1.54) is 29.8 Å². The molecule has 0 atom stereocenters. The normalized spacial score (nSPS) is 12.8. The van der Waals surface area contributed by atoms with Crippen LogP contribution in [-0.4, -0.2) is 32.4 Å². The lowest BCUT2D eigenvalue weighted by molar-refractivity contribution is -0.376. The molecule has 0 aliphatic carbocycles. The van der Waals surface area contributed by atoms with Crippen molar-refractivity contribution in [1.82, 2.24) is 15.0 Å². The average Bonchev–Trinajstić information content (AvgIpc) is 3.22. The van der Waals surface area contributed by atoms with Crippen molar-refractivity contribution >= 4 is 17.5 Å². The number of halogens is 6. The summed E-state index contributed by atoms with van der Waals surface area (Å²) in [4.78, 5) is 13.3. The number of anilines is 3. The first kappa shape index (κ1) is 23.3. The molecule has 172 valence electrons. The third kappa shape index (κ3) is 4.20. The fraction of sp³-hybridized carbons (Fsp3) is 0.316. The molecule has 32 heavy (non-hydrogen) atoms. The summed E-state index contributed by atoms with van der Waals surface area (Å²) in [5.74, 6) is 0.135. The first-order chi connectivity index (χ1) is 14.9. The van der Waals surface area contributed by atoms with Crippen molar-refractivity contribution in [1.29, 1.82) is 0 Å². The highest BCUT2D eigenvalue weighted by atomic mass is 19.4. The van der Waals surface area contributed by atoms with Gasteiger partial charge in [0.2, 0.25) is 5.95 Å². The van der Waals surface area contributed by atoms with Crippen LogP contribution < -0.4 is 10.6 Å². The predicted octanol–water partition coefficient (Wildman–Crippen LogP) is 4.26. The third-order valence-corrected chi connectivity index (χ3v) is 4.73. The maximum atomic E-state index is 13.3. The van der Waals surface area contributed by atoms with Gasteiger partial charge in [-0.1, -0.05) is 19.1 Å². The smallest absolute Gasteiger partial charge is 0.430 e. The molecule has 13 heteroatoms. The molecule has 7 nitrogen and oxygen atoms in total. The first-order valence-corrected chi connectivity index (χ1v) is 9.10. The van der Waals surface area contributed by atoms with Crippen molar-refractivity contribution in [3.8, 4) is 0 Å². The van der Waals surface area contributed by atoms with Crippen molar-refractivity contribution in [2.24, 2.45) is 0 Å². The van der Waals surface area contributed by atoms with Gasteiger partial charge in [-0.15, -0.1) is 0 Å². The topological polar surface area (TPSA) is 101 Å². The second kappa shape index (κ2) is 8.30. The summed E-state index contributed by atoms with van der Waals surface area (Å²) in [5.41, 5.74) is -0.000470. The number of aromatic nitrogens is 3. The van der Waals surface area contributed by atoms with E-state index in [0.717, 1.165) is 6.07 Å². The van der Waals surface area contributed by atoms with Crippen LogP contribution in [0.3, 0.4) is 0 Å². The maximum absolute atomic E-state index is 13.3. The number of nitrogens with two attached hydrogens (primary N) is 1. The van der Waals surface area contributed by atoms with Gasteiger partial charge in [0.05, 0.1) is 12.2 Å². The molecule has 0 saturated carbocycles. The van der Waals surface area contributed by atoms with Crippen molar-refractivity contribution in [2.45, 2.75) is 37.8 Å². The summed E-state index contributed by atoms with van der Waals surface area (Å²) < 4.78 is 84.8. The molecule has 0 radical (unpaired) electrons. The van der Waals surface area contributed by atoms with Crippen LogP contribution in [-0.2, 0) is 18.6 Å². The van der Waals surface area contributed by atoms with Gasteiger partial charge >= 0.3 is 12.4 Å². The monoisotopic (exact) mass is 461 g/mol. The van der Waals surface area contributed by atoms with Gasteiger partial charge in [-0.3, -0.25) is 0 Å². The van der Waals surface area contributed by atoms with Gasteiger partial charge in [-0.25, -0.2) is 9.97 Å². The van der Waals surface area contributed by atoms with Crippen molar-refractivity contribution in [3.05, 3.63) is 59.9 Å². The average molecular weight is 461 g/mol. The molecule has 0 aliphatic rings. The SMILES string of the molecule is CCc1cc(C(O)(C(F)(F)F)C(F)(F)F)ccc1N(Cc1cocn1)c1ccnc(N)n1. The van der Waals surface area contributed by atoms with E-state index < -0.39 is 23.5 Å². The van der Waals surface area contributed by atoms with Crippen LogP contribution in [0, 0.1) is 0 Å². The van der Waals surface area contributed by atoms with E-state index in [4.69, 9.17) is 10.2 Å². The number of alkyl halides is 6. The van der Waals surface area contributed by atoms with Crippen molar-refractivity contribution in [2.75, 3.05) is 10.6 Å². The van der Waals surface area contributed by atoms with Gasteiger partial charge in [-0.2, -0.15) is 31.3 Å². The quantitative estimate of drug-likeness (QED) is 0.529. The molecule has 2 aromatic heterocycles. The van der Waals surface area contributed by atoms with Crippen molar-refractivity contribution < 1.29 is 35.9 Å². The number of benzene rings is 1. The Balaban J connectivity index is 2.16. The molecule has 3 rings (SSSR count). The third-order valence-electron chi connectivity index (χ3n) is 4.73. The van der Waals surface area contributed by atoms with Crippen molar-refractivity contribution in [3.63, 3.8) is 0 Å². The van der Waals surface area contributed by atoms with E-state index in [1.54, 1.807) is 6.92 Å². The van der Waals surface area contributed by atoms with Crippen LogP contribution in [0.2, 0.25) is 0 Å². The Hall–Kier alpha value is -3.35. The van der Waals surface area contributed by atoms with Crippen LogP contribution in [0.25, 0.3) is 0 Å². The highest BCUT2D eigenvalue weighted by Gasteiger charge is 2.71. The maximum Gasteiger partial charge on any atom is 0.430 e. The second-order valence-electron chi connectivity index (χ2n) is 6.74. The molecule has 3 N–H and O–H groups in total. The van der Waals surface area contributed by atoms with E-state index in [1.807, 2.05) is 0 Å². The second-order valence-corrected chi connectivity index (χ2v) is 6.74. The van der Waals surface area contributed by atoms with Gasteiger partial charge in [0, 0.05) is 17.4 Å². The predicted molar refractivity (Wildman–Crippen MR) is 101 cm³/mol. The number of hydrogen-bond acceptors (Lipinski definition) is 7. The van der Waals surface area contributed by atoms with Crippen LogP contribution in [0.15, 0.2) is 47.5 Å². The van der Waals surface area contributed by atoms with Crippen LogP contribution >= 0.6 is 0 Å². The molecular formula is C19H17F6N5O2. The standard InChI is InChI=1S/C19H17F6N5O2/c1-2-11-7-12(17(31,18(20,21)22)19(23,24)25)3-4-14(11)30(8-13-9-32-10-28-13)15-5-6-27-16(26)29-15/h3-7,9-10,31H,2,8H2,1H3,(H2,26,27,29). The van der Waals surface area contributed by atoms with E-state index in [-0.39, 0.29) is 36.0 Å². The molecule has 0 fully saturated rings. The van der Waals surface area contributed by atoms with E-state index in [2.05, 4.69) is 15.0 Å². The summed E-state index contributed by atoms with van der Waals surface area (Å²) in [6.45, 7) is 1.56. The van der Waals surface area contributed by atoms with E-state index in [9.17, 15) is 31.4 Å². The van der Waals surface area contributed by atoms with Gasteiger partial charge in [0.1, 0.15) is 12.1 Å². The minimum Gasteiger partial charge on any atom is -0.451 e. The Morgan fingerprint density at radius 1 is 1.06 bits per heavy atom. The zero-order valence-electron chi connectivity index (χ0n) is 16.4.